The zero-order chi connectivity index (χ0) is 10.9. The van der Waals surface area contributed by atoms with Crippen molar-refractivity contribution >= 4 is 40.5 Å². The largest absolute Gasteiger partial charge is 0.396 e. The van der Waals surface area contributed by atoms with Crippen LogP contribution in [0, 0.1) is 22.7 Å². The van der Waals surface area contributed by atoms with Crippen LogP contribution in [-0.2, 0) is 0 Å². The van der Waals surface area contributed by atoms with Crippen LogP contribution >= 0.6 is 34.8 Å². The third kappa shape index (κ3) is 1.47. The summed E-state index contributed by atoms with van der Waals surface area (Å²) in [6.45, 7) is 0. The van der Waals surface area contributed by atoms with Crippen molar-refractivity contribution in [3.8, 4) is 12.1 Å². The molecule has 0 amide bonds. The van der Waals surface area contributed by atoms with Gasteiger partial charge in [0.25, 0.3) is 0 Å². The van der Waals surface area contributed by atoms with Gasteiger partial charge in [0, 0.05) is 0 Å². The Hall–Kier alpha value is -1.13. The maximum absolute atomic E-state index is 8.73. The van der Waals surface area contributed by atoms with Gasteiger partial charge < -0.3 is 5.73 Å². The lowest BCUT2D eigenvalue weighted by Crippen LogP contribution is -1.96. The van der Waals surface area contributed by atoms with Crippen LogP contribution in [0.4, 0.5) is 5.69 Å². The van der Waals surface area contributed by atoms with E-state index in [1.807, 2.05) is 0 Å². The fourth-order valence-electron chi connectivity index (χ4n) is 0.888. The summed E-state index contributed by atoms with van der Waals surface area (Å²) in [5.74, 6) is 0. The first-order chi connectivity index (χ1) is 6.54. The third-order valence-electron chi connectivity index (χ3n) is 1.58. The molecule has 0 bridgehead atoms. The van der Waals surface area contributed by atoms with Crippen LogP contribution in [0.3, 0.4) is 0 Å². The molecule has 0 saturated carbocycles. The number of anilines is 1. The van der Waals surface area contributed by atoms with Gasteiger partial charge >= 0.3 is 0 Å². The summed E-state index contributed by atoms with van der Waals surface area (Å²) in [5.41, 5.74) is 5.37. The van der Waals surface area contributed by atoms with E-state index in [0.29, 0.717) is 0 Å². The second kappa shape index (κ2) is 3.94. The van der Waals surface area contributed by atoms with E-state index in [2.05, 4.69) is 0 Å². The lowest BCUT2D eigenvalue weighted by molar-refractivity contribution is 1.43. The van der Waals surface area contributed by atoms with Crippen molar-refractivity contribution < 1.29 is 0 Å². The van der Waals surface area contributed by atoms with Crippen molar-refractivity contribution in [1.82, 2.24) is 0 Å². The highest BCUT2D eigenvalue weighted by Gasteiger charge is 2.19. The Morgan fingerprint density at radius 3 is 1.71 bits per heavy atom. The molecule has 70 valence electrons. The normalized spacial score (nSPS) is 9.21. The zero-order valence-corrected chi connectivity index (χ0v) is 8.87. The van der Waals surface area contributed by atoms with Crippen LogP contribution in [-0.4, -0.2) is 0 Å². The molecular weight excluding hydrogens is 244 g/mol. The summed E-state index contributed by atoms with van der Waals surface area (Å²) >= 11 is 17.1. The average molecular weight is 246 g/mol. The predicted octanol–water partition coefficient (Wildman–Crippen LogP) is 2.97. The smallest absolute Gasteiger partial charge is 0.102 e. The minimum atomic E-state index is -0.0571. The average Bonchev–Trinajstić information content (AvgIpc) is 2.20. The first-order valence-corrected chi connectivity index (χ1v) is 4.44. The van der Waals surface area contributed by atoms with Crippen LogP contribution in [0.2, 0.25) is 15.1 Å². The number of nitriles is 2. The van der Waals surface area contributed by atoms with Crippen LogP contribution in [0.15, 0.2) is 0 Å². The van der Waals surface area contributed by atoms with Crippen molar-refractivity contribution in [2.75, 3.05) is 5.73 Å². The monoisotopic (exact) mass is 245 g/mol. The number of benzene rings is 1. The molecule has 1 rings (SSSR count). The Labute approximate surface area is 95.2 Å². The Morgan fingerprint density at radius 1 is 0.857 bits per heavy atom. The third-order valence-corrected chi connectivity index (χ3v) is 2.84. The number of halogens is 3. The van der Waals surface area contributed by atoms with Crippen LogP contribution < -0.4 is 5.73 Å². The van der Waals surface area contributed by atoms with Crippen molar-refractivity contribution in [2.24, 2.45) is 0 Å². The maximum Gasteiger partial charge on any atom is 0.102 e. The number of nitrogens with two attached hydrogens (primary N) is 1. The molecule has 2 N–H and O–H groups in total. The molecule has 0 saturated heterocycles. The summed E-state index contributed by atoms with van der Waals surface area (Å²) in [4.78, 5) is 0. The number of rotatable bonds is 0. The van der Waals surface area contributed by atoms with Gasteiger partial charge in [-0.25, -0.2) is 0 Å². The number of nitrogen functional groups attached to an aromatic ring is 1. The summed E-state index contributed by atoms with van der Waals surface area (Å²) in [6, 6.07) is 3.49. The molecule has 1 aromatic rings. The van der Waals surface area contributed by atoms with Gasteiger partial charge in [-0.3, -0.25) is 0 Å². The first-order valence-electron chi connectivity index (χ1n) is 3.30. The molecule has 0 heterocycles. The van der Waals surface area contributed by atoms with Gasteiger partial charge in [-0.1, -0.05) is 34.8 Å². The summed E-state index contributed by atoms with van der Waals surface area (Å²) in [5, 5.41) is 17.4. The van der Waals surface area contributed by atoms with E-state index in [9.17, 15) is 0 Å². The highest BCUT2D eigenvalue weighted by Crippen LogP contribution is 2.39. The van der Waals surface area contributed by atoms with Crippen LogP contribution in [0.1, 0.15) is 11.1 Å². The van der Waals surface area contributed by atoms with E-state index in [-0.39, 0.29) is 31.9 Å². The van der Waals surface area contributed by atoms with Gasteiger partial charge in [0.1, 0.15) is 12.1 Å². The molecule has 3 nitrogen and oxygen atoms in total. The van der Waals surface area contributed by atoms with E-state index in [1.165, 1.54) is 0 Å². The second-order valence-electron chi connectivity index (χ2n) is 2.33. The zero-order valence-electron chi connectivity index (χ0n) is 6.61. The molecule has 0 aliphatic heterocycles. The predicted molar refractivity (Wildman–Crippen MR) is 55.3 cm³/mol. The second-order valence-corrected chi connectivity index (χ2v) is 3.46. The number of nitrogens with zero attached hydrogens (tertiary/aromatic N) is 2. The van der Waals surface area contributed by atoms with Gasteiger partial charge in [0.05, 0.1) is 31.9 Å². The molecule has 1 aromatic carbocycles. The molecule has 0 aliphatic rings. The van der Waals surface area contributed by atoms with Crippen molar-refractivity contribution in [2.45, 2.75) is 0 Å². The van der Waals surface area contributed by atoms with E-state index < -0.39 is 0 Å². The van der Waals surface area contributed by atoms with Crippen LogP contribution in [0.25, 0.3) is 0 Å². The highest BCUT2D eigenvalue weighted by molar-refractivity contribution is 6.47. The maximum atomic E-state index is 8.73. The minimum Gasteiger partial charge on any atom is -0.396 e. The minimum absolute atomic E-state index is 0.00721. The molecule has 0 fully saturated rings. The first kappa shape index (κ1) is 10.9. The molecule has 0 unspecified atom stereocenters. The van der Waals surface area contributed by atoms with Gasteiger partial charge in [-0.15, -0.1) is 0 Å². The summed E-state index contributed by atoms with van der Waals surface area (Å²) in [6.07, 6.45) is 0. The van der Waals surface area contributed by atoms with Gasteiger partial charge in [0.15, 0.2) is 0 Å². The van der Waals surface area contributed by atoms with Gasteiger partial charge in [0.2, 0.25) is 0 Å². The van der Waals surface area contributed by atoms with E-state index in [1.54, 1.807) is 12.1 Å². The SMILES string of the molecule is N#Cc1c(Cl)c(N)c(Cl)c(Cl)c1C#N. The Balaban J connectivity index is 3.79. The number of hydrogen-bond donors (Lipinski definition) is 1. The lowest BCUT2D eigenvalue weighted by Gasteiger charge is -2.07. The molecule has 0 spiro atoms. The fourth-order valence-corrected chi connectivity index (χ4v) is 1.60. The molecule has 0 aromatic heterocycles. The van der Waals surface area contributed by atoms with Gasteiger partial charge in [-0.05, 0) is 0 Å². The highest BCUT2D eigenvalue weighted by atomic mass is 35.5. The molecule has 14 heavy (non-hydrogen) atoms. The molecule has 6 heteroatoms. The van der Waals surface area contributed by atoms with Crippen molar-refractivity contribution in [3.63, 3.8) is 0 Å². The standard InChI is InChI=1S/C8H2Cl3N3/c9-5-3(1-12)4(2-13)6(10)8(14)7(5)11/h14H2. The molecular formula is C8H2Cl3N3. The molecule has 0 atom stereocenters. The Bertz CT molecular complexity index is 437. The molecule has 0 radical (unpaired) electrons. The van der Waals surface area contributed by atoms with Crippen molar-refractivity contribution in [1.29, 1.82) is 10.5 Å². The molecule has 0 aliphatic carbocycles. The van der Waals surface area contributed by atoms with E-state index in [4.69, 9.17) is 51.1 Å². The lowest BCUT2D eigenvalue weighted by atomic mass is 10.1. The van der Waals surface area contributed by atoms with E-state index >= 15 is 0 Å². The topological polar surface area (TPSA) is 73.6 Å². The Morgan fingerprint density at radius 2 is 1.29 bits per heavy atom. The summed E-state index contributed by atoms with van der Waals surface area (Å²) < 4.78 is 0. The van der Waals surface area contributed by atoms with Crippen molar-refractivity contribution in [3.05, 3.63) is 26.2 Å². The number of hydrogen-bond acceptors (Lipinski definition) is 3. The fraction of sp³-hybridized carbons (Fsp3) is 0. The Kier molecular flexibility index (Phi) is 3.08. The van der Waals surface area contributed by atoms with Gasteiger partial charge in [-0.2, -0.15) is 10.5 Å². The van der Waals surface area contributed by atoms with Crippen LogP contribution in [0.5, 0.6) is 0 Å². The quantitative estimate of drug-likeness (QED) is 0.565. The van der Waals surface area contributed by atoms with E-state index in [0.717, 1.165) is 0 Å². The summed E-state index contributed by atoms with van der Waals surface area (Å²) in [7, 11) is 0.